The predicted octanol–water partition coefficient (Wildman–Crippen LogP) is 0.942. The van der Waals surface area contributed by atoms with Crippen molar-refractivity contribution >= 4 is 14.3 Å². The van der Waals surface area contributed by atoms with Crippen molar-refractivity contribution in [1.82, 2.24) is 9.88 Å². The predicted molar refractivity (Wildman–Crippen MR) is 72.8 cm³/mol. The minimum atomic E-state index is -3.04. The van der Waals surface area contributed by atoms with Gasteiger partial charge in [0.25, 0.3) is 0 Å². The van der Waals surface area contributed by atoms with Crippen molar-refractivity contribution < 1.29 is 11.3 Å². The molecule has 4 heterocycles. The van der Waals surface area contributed by atoms with Crippen LogP contribution < -0.4 is 0 Å². The summed E-state index contributed by atoms with van der Waals surface area (Å²) in [7, 11) is 0. The van der Waals surface area contributed by atoms with E-state index in [0.717, 1.165) is 56.8 Å². The maximum atomic E-state index is 6.04. The normalized spacial score (nSPS) is 31.5. The van der Waals surface area contributed by atoms with E-state index in [1.807, 2.05) is 24.4 Å². The van der Waals surface area contributed by atoms with Crippen molar-refractivity contribution in [2.24, 2.45) is 0 Å². The molecule has 1 aromatic heterocycles. The van der Waals surface area contributed by atoms with Gasteiger partial charge < -0.3 is 0 Å². The van der Waals surface area contributed by atoms with E-state index in [4.69, 9.17) is 11.3 Å². The number of hydrogen-bond acceptors (Lipinski definition) is 5. The molecule has 3 saturated heterocycles. The SMILES string of the molecule is c1ccc(C[CH2][Ge]23[O]CCN(CC[O]2)CC[O]3)nc1. The third-order valence-electron chi connectivity index (χ3n) is 3.60. The molecule has 3 fully saturated rings. The van der Waals surface area contributed by atoms with Crippen LogP contribution in [0.5, 0.6) is 0 Å². The number of nitrogens with zero attached hydrogens (tertiary/aromatic N) is 2. The standard InChI is InChI=1S/C13H20GeN2O3/c1-2-6-15-13(3-1)4-5-14-17-10-7-16(8-11-18-14)9-12-19-14/h1-3,6H,4-5,7-12H2. The molecular weight excluding hydrogens is 305 g/mol. The number of aromatic nitrogens is 1. The van der Waals surface area contributed by atoms with Crippen molar-refractivity contribution in [3.63, 3.8) is 0 Å². The zero-order valence-corrected chi connectivity index (χ0v) is 13.2. The average Bonchev–Trinajstić information content (AvgIpc) is 2.37. The van der Waals surface area contributed by atoms with Gasteiger partial charge in [-0.05, 0) is 0 Å². The first-order valence-electron chi connectivity index (χ1n) is 6.90. The third kappa shape index (κ3) is 3.55. The van der Waals surface area contributed by atoms with Gasteiger partial charge >= 0.3 is 117 Å². The van der Waals surface area contributed by atoms with Crippen molar-refractivity contribution in [2.45, 2.75) is 11.7 Å². The van der Waals surface area contributed by atoms with Crippen LogP contribution in [0.2, 0.25) is 5.25 Å². The van der Waals surface area contributed by atoms with Gasteiger partial charge in [-0.1, -0.05) is 0 Å². The molecule has 0 spiro atoms. The quantitative estimate of drug-likeness (QED) is 0.774. The van der Waals surface area contributed by atoms with Gasteiger partial charge in [-0.3, -0.25) is 0 Å². The van der Waals surface area contributed by atoms with E-state index < -0.39 is 14.3 Å². The number of hydrogen-bond donors (Lipinski definition) is 0. The van der Waals surface area contributed by atoms with Crippen LogP contribution in [0.4, 0.5) is 0 Å². The molecule has 104 valence electrons. The van der Waals surface area contributed by atoms with Crippen LogP contribution in [0.3, 0.4) is 0 Å². The first kappa shape index (κ1) is 13.5. The van der Waals surface area contributed by atoms with Crippen LogP contribution in [-0.2, 0) is 17.7 Å². The fourth-order valence-corrected chi connectivity index (χ4v) is 7.64. The monoisotopic (exact) mass is 326 g/mol. The summed E-state index contributed by atoms with van der Waals surface area (Å²) in [6, 6.07) is 6.00. The molecule has 0 aromatic carbocycles. The molecule has 0 radical (unpaired) electrons. The molecule has 0 saturated carbocycles. The molecule has 1 aromatic rings. The first-order chi connectivity index (χ1) is 9.36. The van der Waals surface area contributed by atoms with Gasteiger partial charge in [-0.15, -0.1) is 0 Å². The Morgan fingerprint density at radius 1 is 1.05 bits per heavy atom. The second-order valence-electron chi connectivity index (χ2n) is 4.89. The Labute approximate surface area is 117 Å². The molecule has 2 bridgehead atoms. The van der Waals surface area contributed by atoms with E-state index in [1.54, 1.807) is 0 Å². The zero-order valence-electron chi connectivity index (χ0n) is 11.1. The molecule has 0 atom stereocenters. The summed E-state index contributed by atoms with van der Waals surface area (Å²) >= 11 is -3.04. The van der Waals surface area contributed by atoms with E-state index in [9.17, 15) is 0 Å². The zero-order chi connectivity index (χ0) is 13.0. The average molecular weight is 325 g/mol. The van der Waals surface area contributed by atoms with Crippen molar-refractivity contribution in [1.29, 1.82) is 0 Å². The van der Waals surface area contributed by atoms with E-state index >= 15 is 0 Å². The molecule has 0 unspecified atom stereocenters. The van der Waals surface area contributed by atoms with Crippen molar-refractivity contribution in [3.05, 3.63) is 30.1 Å². The van der Waals surface area contributed by atoms with Crippen LogP contribution in [0.15, 0.2) is 24.4 Å². The van der Waals surface area contributed by atoms with Gasteiger partial charge in [0.2, 0.25) is 0 Å². The molecule has 3 aliphatic rings. The maximum absolute atomic E-state index is 6.04. The minimum absolute atomic E-state index is 0.738. The van der Waals surface area contributed by atoms with Crippen LogP contribution >= 0.6 is 0 Å². The summed E-state index contributed by atoms with van der Waals surface area (Å²) in [5, 5.41) is 0.872. The summed E-state index contributed by atoms with van der Waals surface area (Å²) in [4.78, 5) is 6.70. The fraction of sp³-hybridized carbons (Fsp3) is 0.615. The molecular formula is C13H20GeN2O3. The Morgan fingerprint density at radius 3 is 2.32 bits per heavy atom. The number of pyridine rings is 1. The summed E-state index contributed by atoms with van der Waals surface area (Å²) in [6.07, 6.45) is 2.71. The molecule has 0 N–H and O–H groups in total. The van der Waals surface area contributed by atoms with Gasteiger partial charge in [0.15, 0.2) is 0 Å². The van der Waals surface area contributed by atoms with E-state index in [0.29, 0.717) is 0 Å². The summed E-state index contributed by atoms with van der Waals surface area (Å²) in [5.74, 6) is 0. The number of aryl methyl sites for hydroxylation is 1. The second kappa shape index (κ2) is 6.32. The topological polar surface area (TPSA) is 43.8 Å². The Balaban J connectivity index is 1.65. The van der Waals surface area contributed by atoms with Crippen LogP contribution in [0.1, 0.15) is 5.69 Å². The van der Waals surface area contributed by atoms with E-state index in [-0.39, 0.29) is 0 Å². The van der Waals surface area contributed by atoms with Crippen molar-refractivity contribution in [3.8, 4) is 0 Å². The Bertz CT molecular complexity index is 378. The Morgan fingerprint density at radius 2 is 1.74 bits per heavy atom. The summed E-state index contributed by atoms with van der Waals surface area (Å²) < 4.78 is 18.1. The van der Waals surface area contributed by atoms with E-state index in [1.165, 1.54) is 0 Å². The van der Waals surface area contributed by atoms with Gasteiger partial charge in [0.1, 0.15) is 0 Å². The summed E-state index contributed by atoms with van der Waals surface area (Å²) in [6.45, 7) is 5.22. The number of rotatable bonds is 3. The second-order valence-corrected chi connectivity index (χ2v) is 10.6. The molecule has 3 aliphatic heterocycles. The fourth-order valence-electron chi connectivity index (χ4n) is 2.49. The molecule has 0 aliphatic carbocycles. The molecule has 4 rings (SSSR count). The molecule has 19 heavy (non-hydrogen) atoms. The molecule has 0 amide bonds. The molecule has 5 nitrogen and oxygen atoms in total. The Kier molecular flexibility index (Phi) is 4.50. The van der Waals surface area contributed by atoms with Gasteiger partial charge in [0, 0.05) is 0 Å². The summed E-state index contributed by atoms with van der Waals surface area (Å²) in [5.41, 5.74) is 1.09. The van der Waals surface area contributed by atoms with Crippen LogP contribution in [0, 0.1) is 0 Å². The van der Waals surface area contributed by atoms with Gasteiger partial charge in [-0.25, -0.2) is 0 Å². The Hall–Kier alpha value is -0.467. The van der Waals surface area contributed by atoms with Crippen molar-refractivity contribution in [2.75, 3.05) is 39.5 Å². The molecule has 6 heteroatoms. The first-order valence-corrected chi connectivity index (χ1v) is 11.0. The van der Waals surface area contributed by atoms with Gasteiger partial charge in [0.05, 0.1) is 0 Å². The van der Waals surface area contributed by atoms with E-state index in [2.05, 4.69) is 9.88 Å². The van der Waals surface area contributed by atoms with Crippen LogP contribution in [-0.4, -0.2) is 63.6 Å². The van der Waals surface area contributed by atoms with Crippen LogP contribution in [0.25, 0.3) is 0 Å². The third-order valence-corrected chi connectivity index (χ3v) is 9.46. The number of fused-ring (bicyclic) bond motifs is 6. The van der Waals surface area contributed by atoms with Gasteiger partial charge in [-0.2, -0.15) is 0 Å².